The highest BCUT2D eigenvalue weighted by Crippen LogP contribution is 2.30. The van der Waals surface area contributed by atoms with Crippen LogP contribution in [0.1, 0.15) is 15.9 Å². The number of hydrogen-bond acceptors (Lipinski definition) is 3. The predicted molar refractivity (Wildman–Crippen MR) is 109 cm³/mol. The van der Waals surface area contributed by atoms with Gasteiger partial charge in [-0.25, -0.2) is 4.79 Å². The summed E-state index contributed by atoms with van der Waals surface area (Å²) < 4.78 is 1.10. The first-order valence-corrected chi connectivity index (χ1v) is 8.93. The lowest BCUT2D eigenvalue weighted by Gasteiger charge is -2.13. The highest BCUT2D eigenvalue weighted by Gasteiger charge is 2.16. The van der Waals surface area contributed by atoms with E-state index in [1.165, 1.54) is 12.1 Å². The van der Waals surface area contributed by atoms with Crippen molar-refractivity contribution in [2.75, 3.05) is 5.32 Å². The molecule has 0 spiro atoms. The third-order valence-corrected chi connectivity index (χ3v) is 4.27. The van der Waals surface area contributed by atoms with Gasteiger partial charge in [-0.05, 0) is 51.9 Å². The van der Waals surface area contributed by atoms with E-state index in [1.54, 1.807) is 12.1 Å². The van der Waals surface area contributed by atoms with Gasteiger partial charge >= 0.3 is 5.97 Å². The standard InChI is InChI=1S/C17H12Br2N2O3S/c18-11-8-12(16(23)24)15(13(19)9-11)21-17(25)20-14(22)7-6-10-4-2-1-3-5-10/h1-9H,(H,23,24)(H2,20,21,22,25)/b7-6+. The van der Waals surface area contributed by atoms with Crippen molar-refractivity contribution < 1.29 is 14.7 Å². The van der Waals surface area contributed by atoms with Gasteiger partial charge in [-0.15, -0.1) is 0 Å². The average molecular weight is 484 g/mol. The van der Waals surface area contributed by atoms with E-state index >= 15 is 0 Å². The molecule has 0 fully saturated rings. The largest absolute Gasteiger partial charge is 0.478 e. The molecule has 0 saturated heterocycles. The second kappa shape index (κ2) is 8.89. The second-order valence-electron chi connectivity index (χ2n) is 4.80. The summed E-state index contributed by atoms with van der Waals surface area (Å²) >= 11 is 11.6. The number of nitrogens with one attached hydrogen (secondary N) is 2. The van der Waals surface area contributed by atoms with Gasteiger partial charge in [0, 0.05) is 15.0 Å². The Morgan fingerprint density at radius 3 is 2.44 bits per heavy atom. The molecule has 0 aliphatic heterocycles. The van der Waals surface area contributed by atoms with Crippen LogP contribution in [0.3, 0.4) is 0 Å². The lowest BCUT2D eigenvalue weighted by molar-refractivity contribution is -0.115. The number of carboxylic acids is 1. The molecular formula is C17H12Br2N2O3S. The highest BCUT2D eigenvalue weighted by molar-refractivity contribution is 9.11. The maximum Gasteiger partial charge on any atom is 0.337 e. The number of carboxylic acid groups (broad SMARTS) is 1. The SMILES string of the molecule is O=C(/C=C/c1ccccc1)NC(=S)Nc1c(Br)cc(Br)cc1C(=O)O. The highest BCUT2D eigenvalue weighted by atomic mass is 79.9. The summed E-state index contributed by atoms with van der Waals surface area (Å²) in [4.78, 5) is 23.3. The summed E-state index contributed by atoms with van der Waals surface area (Å²) in [6, 6.07) is 12.4. The molecule has 0 unspecified atom stereocenters. The zero-order valence-corrected chi connectivity index (χ0v) is 16.6. The third-order valence-electron chi connectivity index (χ3n) is 2.99. The molecule has 0 aliphatic rings. The maximum absolute atomic E-state index is 11.9. The van der Waals surface area contributed by atoms with Crippen molar-refractivity contribution in [1.82, 2.24) is 5.32 Å². The van der Waals surface area contributed by atoms with Crippen LogP contribution in [-0.2, 0) is 4.79 Å². The Hall–Kier alpha value is -2.03. The van der Waals surface area contributed by atoms with E-state index in [0.29, 0.717) is 8.95 Å². The number of benzene rings is 2. The first kappa shape index (κ1) is 19.3. The molecule has 2 rings (SSSR count). The maximum atomic E-state index is 11.9. The molecule has 0 atom stereocenters. The van der Waals surface area contributed by atoms with E-state index < -0.39 is 11.9 Å². The number of rotatable bonds is 4. The first-order chi connectivity index (χ1) is 11.9. The van der Waals surface area contributed by atoms with Crippen molar-refractivity contribution in [1.29, 1.82) is 0 Å². The molecule has 8 heteroatoms. The van der Waals surface area contributed by atoms with Gasteiger partial charge in [0.15, 0.2) is 5.11 Å². The molecule has 1 amide bonds. The van der Waals surface area contributed by atoms with Crippen molar-refractivity contribution >= 4 is 72.8 Å². The van der Waals surface area contributed by atoms with Crippen LogP contribution >= 0.6 is 44.1 Å². The van der Waals surface area contributed by atoms with Crippen molar-refractivity contribution in [2.24, 2.45) is 0 Å². The van der Waals surface area contributed by atoms with E-state index in [1.807, 2.05) is 30.3 Å². The molecule has 0 aliphatic carbocycles. The van der Waals surface area contributed by atoms with Gasteiger partial charge in [-0.1, -0.05) is 46.3 Å². The molecule has 2 aromatic rings. The summed E-state index contributed by atoms with van der Waals surface area (Å²) in [5.74, 6) is -1.55. The van der Waals surface area contributed by atoms with Crippen molar-refractivity contribution in [2.45, 2.75) is 0 Å². The normalized spacial score (nSPS) is 10.5. The Labute approximate surface area is 166 Å². The van der Waals surface area contributed by atoms with Crippen LogP contribution < -0.4 is 10.6 Å². The van der Waals surface area contributed by atoms with Gasteiger partial charge in [-0.2, -0.15) is 0 Å². The Kier molecular flexibility index (Phi) is 6.86. The molecule has 3 N–H and O–H groups in total. The van der Waals surface area contributed by atoms with E-state index in [0.717, 1.165) is 5.56 Å². The Balaban J connectivity index is 2.07. The van der Waals surface area contributed by atoms with Crippen molar-refractivity contribution in [3.63, 3.8) is 0 Å². The molecule has 0 aromatic heterocycles. The van der Waals surface area contributed by atoms with Gasteiger partial charge < -0.3 is 10.4 Å². The molecule has 0 bridgehead atoms. The second-order valence-corrected chi connectivity index (χ2v) is 6.98. The van der Waals surface area contributed by atoms with Gasteiger partial charge in [-0.3, -0.25) is 10.1 Å². The minimum Gasteiger partial charge on any atom is -0.478 e. The van der Waals surface area contributed by atoms with Crippen molar-refractivity contribution in [3.8, 4) is 0 Å². The number of aromatic carboxylic acids is 1. The van der Waals surface area contributed by atoms with Gasteiger partial charge in [0.2, 0.25) is 5.91 Å². The summed E-state index contributed by atoms with van der Waals surface area (Å²) in [7, 11) is 0. The minimum absolute atomic E-state index is 0.00626. The summed E-state index contributed by atoms with van der Waals surface area (Å²) in [5.41, 5.74) is 1.14. The number of carbonyl (C=O) groups excluding carboxylic acids is 1. The minimum atomic E-state index is -1.12. The zero-order chi connectivity index (χ0) is 18.4. The summed E-state index contributed by atoms with van der Waals surface area (Å²) in [5, 5.41) is 14.5. The predicted octanol–water partition coefficient (Wildman–Crippen LogP) is 4.44. The van der Waals surface area contributed by atoms with E-state index in [-0.39, 0.29) is 16.4 Å². The van der Waals surface area contributed by atoms with Crippen molar-refractivity contribution in [3.05, 3.63) is 68.6 Å². The number of halogens is 2. The Morgan fingerprint density at radius 2 is 1.80 bits per heavy atom. The summed E-state index contributed by atoms with van der Waals surface area (Å²) in [6.07, 6.45) is 2.99. The topological polar surface area (TPSA) is 78.4 Å². The average Bonchev–Trinajstić information content (AvgIpc) is 2.56. The molecule has 0 heterocycles. The molecule has 2 aromatic carbocycles. The molecule has 0 saturated carbocycles. The number of anilines is 1. The third kappa shape index (κ3) is 5.77. The molecule has 5 nitrogen and oxygen atoms in total. The number of hydrogen-bond donors (Lipinski definition) is 3. The fraction of sp³-hybridized carbons (Fsp3) is 0. The first-order valence-electron chi connectivity index (χ1n) is 6.94. The van der Waals surface area contributed by atoms with E-state index in [4.69, 9.17) is 12.2 Å². The number of carbonyl (C=O) groups is 2. The Morgan fingerprint density at radius 1 is 1.12 bits per heavy atom. The zero-order valence-electron chi connectivity index (χ0n) is 12.6. The lowest BCUT2D eigenvalue weighted by atomic mass is 10.2. The van der Waals surface area contributed by atoms with Crippen LogP contribution in [0.5, 0.6) is 0 Å². The quantitative estimate of drug-likeness (QED) is 0.442. The fourth-order valence-corrected chi connectivity index (χ4v) is 3.43. The Bertz CT molecular complexity index is 854. The van der Waals surface area contributed by atoms with Crippen LogP contribution in [0.4, 0.5) is 5.69 Å². The smallest absolute Gasteiger partial charge is 0.337 e. The van der Waals surface area contributed by atoms with Gasteiger partial charge in [0.1, 0.15) is 0 Å². The van der Waals surface area contributed by atoms with Crippen LogP contribution in [0.15, 0.2) is 57.5 Å². The number of amides is 1. The van der Waals surface area contributed by atoms with Crippen LogP contribution in [0.2, 0.25) is 0 Å². The lowest BCUT2D eigenvalue weighted by Crippen LogP contribution is -2.33. The molecule has 0 radical (unpaired) electrons. The number of thiocarbonyl (C=S) groups is 1. The fourth-order valence-electron chi connectivity index (χ4n) is 1.90. The van der Waals surface area contributed by atoms with Gasteiger partial charge in [0.25, 0.3) is 0 Å². The van der Waals surface area contributed by atoms with Crippen LogP contribution in [0.25, 0.3) is 6.08 Å². The van der Waals surface area contributed by atoms with Crippen LogP contribution in [0, 0.1) is 0 Å². The van der Waals surface area contributed by atoms with E-state index in [9.17, 15) is 14.7 Å². The molecule has 128 valence electrons. The monoisotopic (exact) mass is 482 g/mol. The molecule has 25 heavy (non-hydrogen) atoms. The summed E-state index contributed by atoms with van der Waals surface area (Å²) in [6.45, 7) is 0. The van der Waals surface area contributed by atoms with Gasteiger partial charge in [0.05, 0.1) is 11.3 Å². The van der Waals surface area contributed by atoms with E-state index in [2.05, 4.69) is 42.5 Å². The molecular weight excluding hydrogens is 472 g/mol. The van der Waals surface area contributed by atoms with Crippen LogP contribution in [-0.4, -0.2) is 22.1 Å².